The Balaban J connectivity index is 0.000000162. The third kappa shape index (κ3) is 5.08. The average Bonchev–Trinajstić information content (AvgIpc) is 2.27. The van der Waals surface area contributed by atoms with Crippen molar-refractivity contribution in [2.75, 3.05) is 0 Å². The molecule has 0 saturated heterocycles. The number of halogens is 3. The highest BCUT2D eigenvalue weighted by Gasteiger charge is 1.95. The van der Waals surface area contributed by atoms with Crippen LogP contribution in [0, 0.1) is 6.07 Å². The Morgan fingerprint density at radius 1 is 0.733 bits per heavy atom. The molecule has 0 spiro atoms. The summed E-state index contributed by atoms with van der Waals surface area (Å²) in [4.78, 5) is 0. The van der Waals surface area contributed by atoms with E-state index in [2.05, 4.69) is 6.07 Å². The van der Waals surface area contributed by atoms with Crippen molar-refractivity contribution in [3.05, 3.63) is 69.7 Å². The lowest BCUT2D eigenvalue weighted by Crippen LogP contribution is -1.67. The minimum atomic E-state index is 0.365. The van der Waals surface area contributed by atoms with Crippen LogP contribution in [0.15, 0.2) is 48.5 Å². The van der Waals surface area contributed by atoms with Crippen LogP contribution >= 0.6 is 34.8 Å². The lowest BCUT2D eigenvalue weighted by Gasteiger charge is -1.91. The maximum absolute atomic E-state index is 5.56. The summed E-state index contributed by atoms with van der Waals surface area (Å²) >= 11 is 16.6. The zero-order chi connectivity index (χ0) is 11.1. The van der Waals surface area contributed by atoms with Gasteiger partial charge in [0, 0.05) is 6.07 Å². The van der Waals surface area contributed by atoms with Crippen LogP contribution in [0.4, 0.5) is 0 Å². The van der Waals surface area contributed by atoms with Crippen LogP contribution in [0.3, 0.4) is 0 Å². The molecule has 15 heavy (non-hydrogen) atoms. The summed E-state index contributed by atoms with van der Waals surface area (Å²) in [5.41, 5.74) is 0. The van der Waals surface area contributed by atoms with Crippen molar-refractivity contribution in [3.8, 4) is 0 Å². The minimum Gasteiger partial charge on any atom is -0.0836 e. The fourth-order valence-electron chi connectivity index (χ4n) is 0.811. The molecule has 0 nitrogen and oxygen atoms in total. The molecule has 77 valence electrons. The Hall–Kier alpha value is -0.690. The van der Waals surface area contributed by atoms with Gasteiger partial charge in [0.05, 0.1) is 15.1 Å². The van der Waals surface area contributed by atoms with E-state index in [-0.39, 0.29) is 0 Å². The third-order valence-electron chi connectivity index (χ3n) is 1.48. The Bertz CT molecular complexity index is 372. The third-order valence-corrected chi connectivity index (χ3v) is 2.41. The molecule has 0 aliphatic carbocycles. The number of hydrogen-bond acceptors (Lipinski definition) is 0. The van der Waals surface area contributed by atoms with Crippen molar-refractivity contribution in [1.82, 2.24) is 0 Å². The second kappa shape index (κ2) is 6.73. The fourth-order valence-corrected chi connectivity index (χ4v) is 1.29. The number of rotatable bonds is 0. The monoisotopic (exact) mass is 257 g/mol. The molecular formula is C12H8Cl3. The molecule has 0 aromatic heterocycles. The zero-order valence-electron chi connectivity index (χ0n) is 7.75. The van der Waals surface area contributed by atoms with E-state index in [1.165, 1.54) is 0 Å². The van der Waals surface area contributed by atoms with Crippen molar-refractivity contribution in [3.63, 3.8) is 0 Å². The van der Waals surface area contributed by atoms with Gasteiger partial charge in [0.25, 0.3) is 0 Å². The maximum Gasteiger partial charge on any atom is 0.0686 e. The molecule has 0 bridgehead atoms. The van der Waals surface area contributed by atoms with E-state index >= 15 is 0 Å². The molecule has 0 heterocycles. The quantitative estimate of drug-likeness (QED) is 0.574. The lowest BCUT2D eigenvalue weighted by molar-refractivity contribution is 1.69. The van der Waals surface area contributed by atoms with Crippen LogP contribution in [0.5, 0.6) is 0 Å². The maximum atomic E-state index is 5.56. The second-order valence-electron chi connectivity index (χ2n) is 2.62. The Morgan fingerprint density at radius 2 is 1.20 bits per heavy atom. The molecule has 0 fully saturated rings. The van der Waals surface area contributed by atoms with E-state index in [0.29, 0.717) is 15.1 Å². The molecule has 0 aliphatic heterocycles. The van der Waals surface area contributed by atoms with Gasteiger partial charge < -0.3 is 0 Å². The van der Waals surface area contributed by atoms with Gasteiger partial charge in [-0.3, -0.25) is 0 Å². The molecule has 3 heteroatoms. The van der Waals surface area contributed by atoms with Gasteiger partial charge in [0.2, 0.25) is 0 Å². The highest BCUT2D eigenvalue weighted by atomic mass is 35.5. The van der Waals surface area contributed by atoms with E-state index in [9.17, 15) is 0 Å². The molecule has 2 aromatic carbocycles. The van der Waals surface area contributed by atoms with Crippen LogP contribution in [0.1, 0.15) is 0 Å². The van der Waals surface area contributed by atoms with E-state index in [0.717, 1.165) is 0 Å². The van der Waals surface area contributed by atoms with E-state index in [4.69, 9.17) is 34.8 Å². The standard InChI is InChI=1S/C6H2Cl3.C6H6/c7-4-1-2-5(8)6(9)3-4;1-2-4-6-5-3-1/h1-2H;1-6H. The summed E-state index contributed by atoms with van der Waals surface area (Å²) in [5, 5.41) is 1.31. The van der Waals surface area contributed by atoms with Crippen molar-refractivity contribution < 1.29 is 0 Å². The smallest absolute Gasteiger partial charge is 0.0686 e. The molecule has 0 amide bonds. The molecule has 2 rings (SSSR count). The van der Waals surface area contributed by atoms with Gasteiger partial charge in [-0.2, -0.15) is 0 Å². The average molecular weight is 259 g/mol. The summed E-state index contributed by atoms with van der Waals surface area (Å²) in [6.45, 7) is 0. The molecule has 2 aromatic rings. The molecule has 0 N–H and O–H groups in total. The summed E-state index contributed by atoms with van der Waals surface area (Å²) in [6.07, 6.45) is 0. The SMILES string of the molecule is Clc1[c]c(Cl)c(Cl)cc1.c1ccccc1. The van der Waals surface area contributed by atoms with Crippen LogP contribution in [0.2, 0.25) is 15.1 Å². The van der Waals surface area contributed by atoms with Crippen molar-refractivity contribution in [1.29, 1.82) is 0 Å². The van der Waals surface area contributed by atoms with Gasteiger partial charge in [0.1, 0.15) is 0 Å². The van der Waals surface area contributed by atoms with Crippen LogP contribution < -0.4 is 0 Å². The number of hydrogen-bond donors (Lipinski definition) is 0. The lowest BCUT2D eigenvalue weighted by atomic mass is 10.4. The van der Waals surface area contributed by atoms with Crippen molar-refractivity contribution in [2.24, 2.45) is 0 Å². The molecular weight excluding hydrogens is 250 g/mol. The van der Waals surface area contributed by atoms with Gasteiger partial charge in [-0.25, -0.2) is 0 Å². The first-order chi connectivity index (χ1) is 7.20. The summed E-state index contributed by atoms with van der Waals surface area (Å²) in [6, 6.07) is 17.9. The predicted octanol–water partition coefficient (Wildman–Crippen LogP) is 5.13. The van der Waals surface area contributed by atoms with E-state index in [1.807, 2.05) is 36.4 Å². The van der Waals surface area contributed by atoms with Gasteiger partial charge in [-0.1, -0.05) is 71.2 Å². The first kappa shape index (κ1) is 12.4. The Morgan fingerprint density at radius 3 is 1.53 bits per heavy atom. The van der Waals surface area contributed by atoms with Crippen molar-refractivity contribution in [2.45, 2.75) is 0 Å². The topological polar surface area (TPSA) is 0 Å². The first-order valence-electron chi connectivity index (χ1n) is 4.23. The molecule has 1 radical (unpaired) electrons. The Kier molecular flexibility index (Phi) is 5.56. The Labute approximate surface area is 104 Å². The van der Waals surface area contributed by atoms with Gasteiger partial charge >= 0.3 is 0 Å². The molecule has 0 aliphatic rings. The normalized spacial score (nSPS) is 9.00. The minimum absolute atomic E-state index is 0.365. The second-order valence-corrected chi connectivity index (χ2v) is 3.82. The van der Waals surface area contributed by atoms with Crippen LogP contribution in [-0.4, -0.2) is 0 Å². The molecule has 0 unspecified atom stereocenters. The molecule has 0 saturated carbocycles. The van der Waals surface area contributed by atoms with Gasteiger partial charge in [0.15, 0.2) is 0 Å². The summed E-state index contributed by atoms with van der Waals surface area (Å²) in [5.74, 6) is 0. The largest absolute Gasteiger partial charge is 0.0836 e. The van der Waals surface area contributed by atoms with Crippen LogP contribution in [0.25, 0.3) is 0 Å². The first-order valence-corrected chi connectivity index (χ1v) is 5.36. The fraction of sp³-hybridized carbons (Fsp3) is 0. The van der Waals surface area contributed by atoms with Gasteiger partial charge in [-0.15, -0.1) is 0 Å². The van der Waals surface area contributed by atoms with Crippen LogP contribution in [-0.2, 0) is 0 Å². The zero-order valence-corrected chi connectivity index (χ0v) is 10.0. The van der Waals surface area contributed by atoms with Gasteiger partial charge in [-0.05, 0) is 12.1 Å². The summed E-state index contributed by atoms with van der Waals surface area (Å²) in [7, 11) is 0. The highest BCUT2D eigenvalue weighted by molar-refractivity contribution is 6.42. The number of benzene rings is 2. The predicted molar refractivity (Wildman–Crippen MR) is 66.8 cm³/mol. The van der Waals surface area contributed by atoms with Crippen molar-refractivity contribution >= 4 is 34.8 Å². The summed E-state index contributed by atoms with van der Waals surface area (Å²) < 4.78 is 0. The molecule has 0 atom stereocenters. The van der Waals surface area contributed by atoms with E-state index < -0.39 is 0 Å². The van der Waals surface area contributed by atoms with E-state index in [1.54, 1.807) is 12.1 Å². The highest BCUT2D eigenvalue weighted by Crippen LogP contribution is 2.23.